The van der Waals surface area contributed by atoms with Crippen LogP contribution in [0.5, 0.6) is 0 Å². The summed E-state index contributed by atoms with van der Waals surface area (Å²) >= 11 is 6.16. The summed E-state index contributed by atoms with van der Waals surface area (Å²) < 4.78 is 0. The molecule has 0 aliphatic carbocycles. The van der Waals surface area contributed by atoms with Crippen molar-refractivity contribution in [3.63, 3.8) is 0 Å². The van der Waals surface area contributed by atoms with Gasteiger partial charge in [-0.2, -0.15) is 0 Å². The first-order chi connectivity index (χ1) is 14.3. The predicted octanol–water partition coefficient (Wildman–Crippen LogP) is 4.26. The number of amides is 3. The van der Waals surface area contributed by atoms with Gasteiger partial charge in [-0.05, 0) is 62.2 Å². The fourth-order valence-electron chi connectivity index (χ4n) is 3.14. The number of halogens is 1. The van der Waals surface area contributed by atoms with Gasteiger partial charge in [0.2, 0.25) is 11.8 Å². The number of hydrogen-bond donors (Lipinski definition) is 2. The predicted molar refractivity (Wildman–Crippen MR) is 120 cm³/mol. The molecule has 3 amide bonds. The number of carbonyl (C=O) groups is 3. The fourth-order valence-corrected chi connectivity index (χ4v) is 3.31. The number of anilines is 2. The smallest absolute Gasteiger partial charge is 0.251 e. The minimum Gasteiger partial charge on any atom is -0.350 e. The molecule has 2 aromatic carbocycles. The molecule has 1 heterocycles. The lowest BCUT2D eigenvalue weighted by molar-refractivity contribution is -0.117. The van der Waals surface area contributed by atoms with Crippen molar-refractivity contribution in [2.24, 2.45) is 0 Å². The van der Waals surface area contributed by atoms with Gasteiger partial charge in [0.15, 0.2) is 0 Å². The molecule has 3 rings (SSSR count). The molecular formula is C23H24ClN3O3. The molecule has 2 N–H and O–H groups in total. The Morgan fingerprint density at radius 1 is 1.13 bits per heavy atom. The molecule has 0 spiro atoms. The maximum atomic E-state index is 12.3. The quantitative estimate of drug-likeness (QED) is 0.679. The largest absolute Gasteiger partial charge is 0.350 e. The Balaban J connectivity index is 1.64. The monoisotopic (exact) mass is 425 g/mol. The molecule has 1 fully saturated rings. The Labute approximate surface area is 180 Å². The Morgan fingerprint density at radius 3 is 2.50 bits per heavy atom. The van der Waals surface area contributed by atoms with Gasteiger partial charge >= 0.3 is 0 Å². The van der Waals surface area contributed by atoms with Crippen LogP contribution in [0.1, 0.15) is 42.6 Å². The van der Waals surface area contributed by atoms with E-state index < -0.39 is 0 Å². The van der Waals surface area contributed by atoms with Crippen molar-refractivity contribution in [1.82, 2.24) is 5.32 Å². The van der Waals surface area contributed by atoms with Gasteiger partial charge in [0.05, 0.1) is 10.7 Å². The summed E-state index contributed by atoms with van der Waals surface area (Å²) in [6.45, 7) is 4.49. The maximum absolute atomic E-state index is 12.3. The maximum Gasteiger partial charge on any atom is 0.251 e. The minimum absolute atomic E-state index is 0.00382. The van der Waals surface area contributed by atoms with Crippen LogP contribution in [0.4, 0.5) is 11.4 Å². The molecule has 1 aliphatic rings. The summed E-state index contributed by atoms with van der Waals surface area (Å²) in [6.07, 6.45) is 4.54. The van der Waals surface area contributed by atoms with Crippen molar-refractivity contribution in [2.75, 3.05) is 16.8 Å². The van der Waals surface area contributed by atoms with Crippen molar-refractivity contribution in [3.8, 4) is 0 Å². The fraction of sp³-hybridized carbons (Fsp3) is 0.261. The highest BCUT2D eigenvalue weighted by atomic mass is 35.5. The number of nitrogens with one attached hydrogen (secondary N) is 2. The molecule has 2 aromatic rings. The van der Waals surface area contributed by atoms with Crippen molar-refractivity contribution in [3.05, 3.63) is 64.7 Å². The van der Waals surface area contributed by atoms with Crippen LogP contribution in [-0.4, -0.2) is 30.3 Å². The Hall–Kier alpha value is -3.12. The van der Waals surface area contributed by atoms with Crippen LogP contribution < -0.4 is 15.5 Å². The molecule has 7 heteroatoms. The first-order valence-electron chi connectivity index (χ1n) is 9.83. The first-order valence-corrected chi connectivity index (χ1v) is 10.2. The third-order valence-electron chi connectivity index (χ3n) is 4.61. The number of carbonyl (C=O) groups excluding carboxylic acids is 3. The van der Waals surface area contributed by atoms with Crippen LogP contribution in [0, 0.1) is 0 Å². The second-order valence-corrected chi connectivity index (χ2v) is 7.79. The van der Waals surface area contributed by atoms with Gasteiger partial charge in [0.25, 0.3) is 5.91 Å². The zero-order chi connectivity index (χ0) is 21.7. The van der Waals surface area contributed by atoms with Gasteiger partial charge in [-0.25, -0.2) is 0 Å². The van der Waals surface area contributed by atoms with Crippen LogP contribution in [0.25, 0.3) is 6.08 Å². The molecule has 0 aromatic heterocycles. The molecule has 0 radical (unpaired) electrons. The van der Waals surface area contributed by atoms with E-state index in [-0.39, 0.29) is 23.8 Å². The molecule has 6 nitrogen and oxygen atoms in total. The normalized spacial score (nSPS) is 13.9. The van der Waals surface area contributed by atoms with Gasteiger partial charge in [0.1, 0.15) is 0 Å². The third-order valence-corrected chi connectivity index (χ3v) is 4.94. The van der Waals surface area contributed by atoms with E-state index in [1.807, 2.05) is 38.1 Å². The highest BCUT2D eigenvalue weighted by Gasteiger charge is 2.21. The Kier molecular flexibility index (Phi) is 6.90. The van der Waals surface area contributed by atoms with E-state index in [4.69, 9.17) is 11.6 Å². The van der Waals surface area contributed by atoms with E-state index in [9.17, 15) is 14.4 Å². The zero-order valence-electron chi connectivity index (χ0n) is 16.9. The second-order valence-electron chi connectivity index (χ2n) is 7.39. The molecule has 0 atom stereocenters. The van der Waals surface area contributed by atoms with Gasteiger partial charge in [-0.15, -0.1) is 0 Å². The molecule has 0 saturated carbocycles. The molecule has 0 unspecified atom stereocenters. The lowest BCUT2D eigenvalue weighted by Crippen LogP contribution is -2.30. The lowest BCUT2D eigenvalue weighted by Gasteiger charge is -2.15. The van der Waals surface area contributed by atoms with Gasteiger partial charge in [-0.3, -0.25) is 14.4 Å². The average Bonchev–Trinajstić information content (AvgIpc) is 3.14. The molecule has 156 valence electrons. The van der Waals surface area contributed by atoms with Crippen molar-refractivity contribution in [1.29, 1.82) is 0 Å². The van der Waals surface area contributed by atoms with Gasteiger partial charge < -0.3 is 15.5 Å². The number of nitrogens with zero attached hydrogens (tertiary/aromatic N) is 1. The van der Waals surface area contributed by atoms with E-state index in [0.717, 1.165) is 24.2 Å². The summed E-state index contributed by atoms with van der Waals surface area (Å²) in [5, 5.41) is 5.85. The second kappa shape index (κ2) is 9.59. The van der Waals surface area contributed by atoms with Crippen LogP contribution in [-0.2, 0) is 9.59 Å². The highest BCUT2D eigenvalue weighted by molar-refractivity contribution is 6.34. The zero-order valence-corrected chi connectivity index (χ0v) is 17.7. The summed E-state index contributed by atoms with van der Waals surface area (Å²) in [5.41, 5.74) is 2.48. The number of benzene rings is 2. The van der Waals surface area contributed by atoms with E-state index in [1.165, 1.54) is 6.08 Å². The van der Waals surface area contributed by atoms with Crippen LogP contribution in [0.15, 0.2) is 48.5 Å². The Morgan fingerprint density at radius 2 is 1.87 bits per heavy atom. The van der Waals surface area contributed by atoms with E-state index in [1.54, 1.807) is 29.2 Å². The van der Waals surface area contributed by atoms with Crippen LogP contribution in [0.2, 0.25) is 5.02 Å². The minimum atomic E-state index is -0.364. The summed E-state index contributed by atoms with van der Waals surface area (Å²) in [6, 6.07) is 12.2. The average molecular weight is 426 g/mol. The van der Waals surface area contributed by atoms with Crippen molar-refractivity contribution >= 4 is 46.8 Å². The summed E-state index contributed by atoms with van der Waals surface area (Å²) in [4.78, 5) is 38.0. The molecule has 30 heavy (non-hydrogen) atoms. The van der Waals surface area contributed by atoms with E-state index in [0.29, 0.717) is 22.7 Å². The van der Waals surface area contributed by atoms with Crippen molar-refractivity contribution < 1.29 is 14.4 Å². The summed E-state index contributed by atoms with van der Waals surface area (Å²) in [7, 11) is 0. The van der Waals surface area contributed by atoms with Gasteiger partial charge in [-0.1, -0.05) is 23.7 Å². The highest BCUT2D eigenvalue weighted by Crippen LogP contribution is 2.24. The standard InChI is InChI=1S/C23H24ClN3O3/c1-15(2)25-23(30)17-8-11-19(24)20(14-17)26-21(28)12-7-16-5-9-18(10-6-16)27-13-3-4-22(27)29/h5-12,14-15H,3-4,13H2,1-2H3,(H,25,30)(H,26,28). The first kappa shape index (κ1) is 21.6. The SMILES string of the molecule is CC(C)NC(=O)c1ccc(Cl)c(NC(=O)C=Cc2ccc(N3CCCC3=O)cc2)c1. The number of rotatable bonds is 6. The van der Waals surface area contributed by atoms with Crippen LogP contribution in [0.3, 0.4) is 0 Å². The number of hydrogen-bond acceptors (Lipinski definition) is 3. The van der Waals surface area contributed by atoms with Gasteiger partial charge in [0, 0.05) is 36.3 Å². The summed E-state index contributed by atoms with van der Waals surface area (Å²) in [5.74, 6) is -0.458. The molecule has 1 aliphatic heterocycles. The molecule has 1 saturated heterocycles. The molecule has 0 bridgehead atoms. The van der Waals surface area contributed by atoms with E-state index in [2.05, 4.69) is 10.6 Å². The third kappa shape index (κ3) is 5.48. The van der Waals surface area contributed by atoms with Crippen LogP contribution >= 0.6 is 11.6 Å². The van der Waals surface area contributed by atoms with E-state index >= 15 is 0 Å². The van der Waals surface area contributed by atoms with Crippen molar-refractivity contribution in [2.45, 2.75) is 32.7 Å². The lowest BCUT2D eigenvalue weighted by atomic mass is 10.1. The topological polar surface area (TPSA) is 78.5 Å². The molecular weight excluding hydrogens is 402 g/mol. The Bertz CT molecular complexity index is 984.